The maximum Gasteiger partial charge on any atom is 0.255 e. The zero-order valence-electron chi connectivity index (χ0n) is 14.7. The molecule has 0 aliphatic heterocycles. The number of carbonyl (C=O) groups excluding carboxylic acids is 1. The summed E-state index contributed by atoms with van der Waals surface area (Å²) in [6, 6.07) is 16.2. The van der Waals surface area contributed by atoms with Crippen molar-refractivity contribution in [2.45, 2.75) is 6.04 Å². The van der Waals surface area contributed by atoms with Gasteiger partial charge in [-0.1, -0.05) is 30.3 Å². The maximum atomic E-state index is 12.8. The molecule has 0 bridgehead atoms. The SMILES string of the molecule is COc1cc2ccccc2cc1C(=O)NC[C@H](c1cccs1)[NH+](C)C. The Morgan fingerprint density at radius 2 is 1.88 bits per heavy atom. The number of carbonyl (C=O) groups is 1. The fourth-order valence-corrected chi connectivity index (χ4v) is 3.89. The number of likely N-dealkylation sites (N-methyl/N-ethyl adjacent to an activating group) is 1. The zero-order valence-corrected chi connectivity index (χ0v) is 15.5. The summed E-state index contributed by atoms with van der Waals surface area (Å²) in [7, 11) is 5.81. The minimum Gasteiger partial charge on any atom is -0.496 e. The van der Waals surface area contributed by atoms with Gasteiger partial charge in [0.15, 0.2) is 0 Å². The molecule has 4 nitrogen and oxygen atoms in total. The van der Waals surface area contributed by atoms with E-state index in [2.05, 4.69) is 30.9 Å². The molecule has 2 N–H and O–H groups in total. The molecule has 1 atom stereocenters. The molecule has 0 unspecified atom stereocenters. The molecule has 0 aliphatic carbocycles. The van der Waals surface area contributed by atoms with Crippen LogP contribution in [0.1, 0.15) is 21.3 Å². The molecule has 1 aromatic heterocycles. The second-order valence-corrected chi connectivity index (χ2v) is 7.23. The van der Waals surface area contributed by atoms with Gasteiger partial charge in [-0.25, -0.2) is 0 Å². The van der Waals surface area contributed by atoms with Crippen molar-refractivity contribution in [1.82, 2.24) is 5.32 Å². The van der Waals surface area contributed by atoms with E-state index in [1.807, 2.05) is 42.5 Å². The van der Waals surface area contributed by atoms with Gasteiger partial charge in [0.05, 0.1) is 38.2 Å². The van der Waals surface area contributed by atoms with Crippen molar-refractivity contribution in [3.05, 3.63) is 64.4 Å². The number of hydrogen-bond acceptors (Lipinski definition) is 3. The number of rotatable bonds is 6. The lowest BCUT2D eigenvalue weighted by Crippen LogP contribution is -3.06. The maximum absolute atomic E-state index is 12.8. The Morgan fingerprint density at radius 1 is 1.16 bits per heavy atom. The number of ether oxygens (including phenoxy) is 1. The Morgan fingerprint density at radius 3 is 2.48 bits per heavy atom. The fraction of sp³-hybridized carbons (Fsp3) is 0.250. The molecule has 0 saturated carbocycles. The predicted octanol–water partition coefficient (Wildman–Crippen LogP) is 2.53. The van der Waals surface area contributed by atoms with Crippen molar-refractivity contribution in [3.8, 4) is 5.75 Å². The van der Waals surface area contributed by atoms with Crippen molar-refractivity contribution in [2.75, 3.05) is 27.7 Å². The van der Waals surface area contributed by atoms with Gasteiger partial charge in [-0.2, -0.15) is 0 Å². The average Bonchev–Trinajstić information content (AvgIpc) is 3.14. The molecule has 0 saturated heterocycles. The Balaban J connectivity index is 1.82. The van der Waals surface area contributed by atoms with Gasteiger partial charge in [-0.05, 0) is 34.4 Å². The van der Waals surface area contributed by atoms with Gasteiger partial charge in [0.1, 0.15) is 11.8 Å². The van der Waals surface area contributed by atoms with Gasteiger partial charge in [0.25, 0.3) is 5.91 Å². The fourth-order valence-electron chi connectivity index (χ4n) is 2.93. The molecule has 3 aromatic rings. The van der Waals surface area contributed by atoms with Crippen LogP contribution in [0.25, 0.3) is 10.8 Å². The highest BCUT2D eigenvalue weighted by Crippen LogP contribution is 2.26. The Kier molecular flexibility index (Phi) is 5.36. The third-order valence-corrected chi connectivity index (χ3v) is 5.35. The molecule has 5 heteroatoms. The number of nitrogens with one attached hydrogen (secondary N) is 2. The monoisotopic (exact) mass is 355 g/mol. The van der Waals surface area contributed by atoms with E-state index in [-0.39, 0.29) is 11.9 Å². The highest BCUT2D eigenvalue weighted by molar-refractivity contribution is 7.10. The van der Waals surface area contributed by atoms with Crippen LogP contribution in [-0.4, -0.2) is 33.7 Å². The van der Waals surface area contributed by atoms with Crippen LogP contribution >= 0.6 is 11.3 Å². The first-order valence-electron chi connectivity index (χ1n) is 8.28. The summed E-state index contributed by atoms with van der Waals surface area (Å²) >= 11 is 1.72. The first kappa shape index (κ1) is 17.5. The van der Waals surface area contributed by atoms with Crippen LogP contribution in [0.15, 0.2) is 53.9 Å². The standard InChI is InChI=1S/C20H22N2O2S/c1-22(2)17(19-9-6-10-25-19)13-21-20(23)16-11-14-7-4-5-8-15(14)12-18(16)24-3/h4-12,17H,13H2,1-3H3,(H,21,23)/p+1/t17-/m1/s1. The summed E-state index contributed by atoms with van der Waals surface area (Å²) in [5.41, 5.74) is 0.569. The van der Waals surface area contributed by atoms with Crippen molar-refractivity contribution in [2.24, 2.45) is 0 Å². The third-order valence-electron chi connectivity index (χ3n) is 4.36. The molecule has 1 heterocycles. The van der Waals surface area contributed by atoms with Gasteiger partial charge in [-0.3, -0.25) is 4.79 Å². The highest BCUT2D eigenvalue weighted by atomic mass is 32.1. The molecular weight excluding hydrogens is 332 g/mol. The van der Waals surface area contributed by atoms with Crippen LogP contribution < -0.4 is 15.0 Å². The topological polar surface area (TPSA) is 42.8 Å². The number of methoxy groups -OCH3 is 1. The number of thiophene rings is 1. The third kappa shape index (κ3) is 3.83. The minimum absolute atomic E-state index is 0.106. The van der Waals surface area contributed by atoms with Crippen molar-refractivity contribution in [3.63, 3.8) is 0 Å². The predicted molar refractivity (Wildman–Crippen MR) is 103 cm³/mol. The van der Waals surface area contributed by atoms with Crippen molar-refractivity contribution in [1.29, 1.82) is 0 Å². The van der Waals surface area contributed by atoms with Crippen LogP contribution in [-0.2, 0) is 0 Å². The zero-order chi connectivity index (χ0) is 17.8. The van der Waals surface area contributed by atoms with E-state index >= 15 is 0 Å². The number of quaternary nitrogens is 1. The number of amides is 1. The van der Waals surface area contributed by atoms with Gasteiger partial charge in [0, 0.05) is 0 Å². The summed E-state index contributed by atoms with van der Waals surface area (Å²) in [6.07, 6.45) is 0. The number of hydrogen-bond donors (Lipinski definition) is 2. The first-order valence-corrected chi connectivity index (χ1v) is 9.16. The summed E-state index contributed by atoms with van der Waals surface area (Å²) < 4.78 is 5.44. The summed E-state index contributed by atoms with van der Waals surface area (Å²) in [4.78, 5) is 15.3. The summed E-state index contributed by atoms with van der Waals surface area (Å²) in [6.45, 7) is 0.581. The molecule has 130 valence electrons. The van der Waals surface area contributed by atoms with E-state index in [1.165, 1.54) is 9.78 Å². The van der Waals surface area contributed by atoms with E-state index in [1.54, 1.807) is 18.4 Å². The second kappa shape index (κ2) is 7.68. The molecule has 1 amide bonds. The normalized spacial score (nSPS) is 12.3. The first-order chi connectivity index (χ1) is 12.1. The Hall–Kier alpha value is -2.37. The second-order valence-electron chi connectivity index (χ2n) is 6.26. The lowest BCUT2D eigenvalue weighted by molar-refractivity contribution is -0.890. The quantitative estimate of drug-likeness (QED) is 0.714. The van der Waals surface area contributed by atoms with E-state index < -0.39 is 0 Å². The van der Waals surface area contributed by atoms with E-state index in [0.29, 0.717) is 17.9 Å². The van der Waals surface area contributed by atoms with Crippen LogP contribution in [0.2, 0.25) is 0 Å². The lowest BCUT2D eigenvalue weighted by atomic mass is 10.1. The Labute approximate surface area is 152 Å². The summed E-state index contributed by atoms with van der Waals surface area (Å²) in [5.74, 6) is 0.492. The molecular formula is C20H23N2O2S+. The van der Waals surface area contributed by atoms with Gasteiger partial charge < -0.3 is 15.0 Å². The van der Waals surface area contributed by atoms with E-state index in [0.717, 1.165) is 10.8 Å². The average molecular weight is 355 g/mol. The number of fused-ring (bicyclic) bond motifs is 1. The molecule has 2 aromatic carbocycles. The van der Waals surface area contributed by atoms with Gasteiger partial charge >= 0.3 is 0 Å². The molecule has 0 fully saturated rings. The molecule has 3 rings (SSSR count). The highest BCUT2D eigenvalue weighted by Gasteiger charge is 2.21. The van der Waals surface area contributed by atoms with E-state index in [4.69, 9.17) is 4.74 Å². The lowest BCUT2D eigenvalue weighted by Gasteiger charge is -2.21. The van der Waals surface area contributed by atoms with Gasteiger partial charge in [0.2, 0.25) is 0 Å². The molecule has 0 aliphatic rings. The summed E-state index contributed by atoms with van der Waals surface area (Å²) in [5, 5.41) is 7.23. The minimum atomic E-state index is -0.106. The van der Waals surface area contributed by atoms with Crippen LogP contribution in [0.4, 0.5) is 0 Å². The molecule has 0 spiro atoms. The van der Waals surface area contributed by atoms with Crippen LogP contribution in [0.3, 0.4) is 0 Å². The van der Waals surface area contributed by atoms with Crippen molar-refractivity contribution < 1.29 is 14.4 Å². The molecule has 0 radical (unpaired) electrons. The van der Waals surface area contributed by atoms with Crippen molar-refractivity contribution >= 4 is 28.0 Å². The molecule has 25 heavy (non-hydrogen) atoms. The van der Waals surface area contributed by atoms with Gasteiger partial charge in [-0.15, -0.1) is 11.3 Å². The van der Waals surface area contributed by atoms with E-state index in [9.17, 15) is 4.79 Å². The Bertz CT molecular complexity index is 859. The number of benzene rings is 2. The van der Waals surface area contributed by atoms with Crippen LogP contribution in [0, 0.1) is 0 Å². The largest absolute Gasteiger partial charge is 0.496 e. The van der Waals surface area contributed by atoms with Crippen LogP contribution in [0.5, 0.6) is 5.75 Å². The smallest absolute Gasteiger partial charge is 0.255 e.